The molecule has 6 nitrogen and oxygen atoms in total. The minimum Gasteiger partial charge on any atom is -0.494 e. The zero-order valence-corrected chi connectivity index (χ0v) is 14.7. The zero-order valence-electron chi connectivity index (χ0n) is 14.7. The van der Waals surface area contributed by atoms with Gasteiger partial charge in [0.1, 0.15) is 18.1 Å². The molecule has 0 atom stereocenters. The molecule has 0 saturated carbocycles. The van der Waals surface area contributed by atoms with E-state index in [2.05, 4.69) is 6.07 Å². The first kappa shape index (κ1) is 19.5. The van der Waals surface area contributed by atoms with Crippen LogP contribution in [0.4, 0.5) is 0 Å². The van der Waals surface area contributed by atoms with Crippen LogP contribution in [0.5, 0.6) is 11.5 Å². The Morgan fingerprint density at radius 1 is 1.04 bits per heavy atom. The molecule has 1 heterocycles. The van der Waals surface area contributed by atoms with Crippen molar-refractivity contribution < 1.29 is 28.8 Å². The molecule has 0 radical (unpaired) electrons. The summed E-state index contributed by atoms with van der Waals surface area (Å²) >= 11 is 0. The number of unbranched alkanes of at least 4 members (excludes halogenated alkanes) is 2. The van der Waals surface area contributed by atoms with Gasteiger partial charge >= 0.3 is 5.97 Å². The van der Waals surface area contributed by atoms with Gasteiger partial charge in [0.15, 0.2) is 0 Å². The summed E-state index contributed by atoms with van der Waals surface area (Å²) in [4.78, 5) is 10.2. The second-order valence-electron chi connectivity index (χ2n) is 6.04. The van der Waals surface area contributed by atoms with Crippen LogP contribution in [0.15, 0.2) is 18.2 Å². The van der Waals surface area contributed by atoms with Gasteiger partial charge in [-0.25, -0.2) is 4.79 Å². The van der Waals surface area contributed by atoms with Crippen molar-refractivity contribution in [3.63, 3.8) is 0 Å². The lowest BCUT2D eigenvalue weighted by molar-refractivity contribution is -0.142. The highest BCUT2D eigenvalue weighted by molar-refractivity contribution is 5.67. The maximum absolute atomic E-state index is 10.2. The average Bonchev–Trinajstić information content (AvgIpc) is 2.62. The normalized spacial score (nSPS) is 13.1. The summed E-state index contributed by atoms with van der Waals surface area (Å²) in [6.45, 7) is 3.03. The lowest BCUT2D eigenvalue weighted by Gasteiger charge is -2.18. The van der Waals surface area contributed by atoms with Gasteiger partial charge in [0, 0.05) is 19.8 Å². The summed E-state index contributed by atoms with van der Waals surface area (Å²) in [7, 11) is 0. The fraction of sp³-hybridized carbons (Fsp3) is 0.632. The maximum Gasteiger partial charge on any atom is 0.329 e. The molecule has 1 aromatic rings. The minimum absolute atomic E-state index is 0.239. The average molecular weight is 352 g/mol. The molecule has 6 heteroatoms. The fourth-order valence-electron chi connectivity index (χ4n) is 2.62. The molecule has 0 saturated heterocycles. The van der Waals surface area contributed by atoms with Crippen LogP contribution in [0.1, 0.15) is 37.7 Å². The number of ether oxygens (including phenoxy) is 4. The van der Waals surface area contributed by atoms with E-state index in [1.807, 2.05) is 12.1 Å². The van der Waals surface area contributed by atoms with Crippen molar-refractivity contribution in [3.8, 4) is 11.5 Å². The molecule has 1 aliphatic rings. The topological polar surface area (TPSA) is 74.2 Å². The first-order valence-corrected chi connectivity index (χ1v) is 9.01. The highest BCUT2D eigenvalue weighted by Crippen LogP contribution is 2.28. The predicted octanol–water partition coefficient (Wildman–Crippen LogP) is 3.07. The van der Waals surface area contributed by atoms with E-state index in [-0.39, 0.29) is 6.61 Å². The third-order valence-electron chi connectivity index (χ3n) is 3.88. The first-order chi connectivity index (χ1) is 12.3. The van der Waals surface area contributed by atoms with Gasteiger partial charge in [0.25, 0.3) is 0 Å². The van der Waals surface area contributed by atoms with Gasteiger partial charge in [-0.2, -0.15) is 0 Å². The van der Waals surface area contributed by atoms with E-state index in [0.717, 1.165) is 63.2 Å². The van der Waals surface area contributed by atoms with Gasteiger partial charge in [-0.3, -0.25) is 0 Å². The van der Waals surface area contributed by atoms with Gasteiger partial charge in [-0.1, -0.05) is 0 Å². The summed E-state index contributed by atoms with van der Waals surface area (Å²) in [6, 6.07) is 6.06. The van der Waals surface area contributed by atoms with E-state index in [0.29, 0.717) is 19.8 Å². The van der Waals surface area contributed by atoms with Crippen molar-refractivity contribution in [1.29, 1.82) is 0 Å². The predicted molar refractivity (Wildman–Crippen MR) is 93.5 cm³/mol. The van der Waals surface area contributed by atoms with Crippen molar-refractivity contribution in [1.82, 2.24) is 0 Å². The van der Waals surface area contributed by atoms with E-state index in [1.165, 1.54) is 5.56 Å². The molecule has 140 valence electrons. The van der Waals surface area contributed by atoms with Crippen LogP contribution < -0.4 is 9.47 Å². The third-order valence-corrected chi connectivity index (χ3v) is 3.88. The van der Waals surface area contributed by atoms with Crippen LogP contribution in [0.2, 0.25) is 0 Å². The maximum atomic E-state index is 10.2. The van der Waals surface area contributed by atoms with Crippen LogP contribution in [0, 0.1) is 0 Å². The molecule has 1 aliphatic heterocycles. The van der Waals surface area contributed by atoms with E-state index in [4.69, 9.17) is 24.1 Å². The number of rotatable bonds is 13. The minimum atomic E-state index is -0.938. The molecule has 1 N–H and O–H groups in total. The number of hydrogen-bond donors (Lipinski definition) is 1. The first-order valence-electron chi connectivity index (χ1n) is 9.01. The summed E-state index contributed by atoms with van der Waals surface area (Å²) in [6.07, 6.45) is 5.91. The van der Waals surface area contributed by atoms with Crippen LogP contribution in [-0.4, -0.2) is 50.7 Å². The van der Waals surface area contributed by atoms with Gasteiger partial charge in [0.2, 0.25) is 0 Å². The van der Waals surface area contributed by atoms with E-state index >= 15 is 0 Å². The molecular weight excluding hydrogens is 324 g/mol. The number of aliphatic carboxylic acids is 1. The molecule has 0 spiro atoms. The lowest BCUT2D eigenvalue weighted by atomic mass is 10.1. The second kappa shape index (κ2) is 11.7. The Morgan fingerprint density at radius 3 is 2.72 bits per heavy atom. The molecule has 0 aromatic heterocycles. The van der Waals surface area contributed by atoms with Gasteiger partial charge in [-0.05, 0) is 62.3 Å². The van der Waals surface area contributed by atoms with Crippen molar-refractivity contribution in [3.05, 3.63) is 23.8 Å². The number of aryl methyl sites for hydroxylation is 1. The molecular formula is C19H28O6. The molecule has 1 aromatic carbocycles. The highest BCUT2D eigenvalue weighted by atomic mass is 16.5. The Balaban J connectivity index is 1.42. The van der Waals surface area contributed by atoms with Crippen LogP contribution in [-0.2, 0) is 20.7 Å². The van der Waals surface area contributed by atoms with Crippen molar-refractivity contribution >= 4 is 5.97 Å². The smallest absolute Gasteiger partial charge is 0.329 e. The third kappa shape index (κ3) is 8.23. The largest absolute Gasteiger partial charge is 0.494 e. The summed E-state index contributed by atoms with van der Waals surface area (Å²) in [5.74, 6) is 0.970. The van der Waals surface area contributed by atoms with Gasteiger partial charge in [-0.15, -0.1) is 0 Å². The molecule has 0 aliphatic carbocycles. The van der Waals surface area contributed by atoms with Crippen molar-refractivity contribution in [2.45, 2.75) is 38.5 Å². The molecule has 0 amide bonds. The number of hydrogen-bond acceptors (Lipinski definition) is 5. The molecule has 0 bridgehead atoms. The quantitative estimate of drug-likeness (QED) is 0.550. The highest BCUT2D eigenvalue weighted by Gasteiger charge is 2.10. The Hall–Kier alpha value is -1.79. The summed E-state index contributed by atoms with van der Waals surface area (Å²) in [5.41, 5.74) is 1.24. The summed E-state index contributed by atoms with van der Waals surface area (Å²) < 4.78 is 21.8. The Kier molecular flexibility index (Phi) is 9.15. The second-order valence-corrected chi connectivity index (χ2v) is 6.04. The number of fused-ring (bicyclic) bond motifs is 1. The van der Waals surface area contributed by atoms with E-state index < -0.39 is 5.97 Å². The molecule has 2 rings (SSSR count). The number of carbonyl (C=O) groups is 1. The number of benzene rings is 1. The van der Waals surface area contributed by atoms with Crippen LogP contribution in [0.25, 0.3) is 0 Å². The monoisotopic (exact) mass is 352 g/mol. The Morgan fingerprint density at radius 2 is 1.84 bits per heavy atom. The van der Waals surface area contributed by atoms with Crippen LogP contribution >= 0.6 is 0 Å². The Bertz CT molecular complexity index is 517. The van der Waals surface area contributed by atoms with Crippen molar-refractivity contribution in [2.24, 2.45) is 0 Å². The van der Waals surface area contributed by atoms with Gasteiger partial charge in [0.05, 0.1) is 13.2 Å². The van der Waals surface area contributed by atoms with E-state index in [1.54, 1.807) is 0 Å². The Labute approximate surface area is 149 Å². The molecule has 25 heavy (non-hydrogen) atoms. The summed E-state index contributed by atoms with van der Waals surface area (Å²) in [5, 5.41) is 8.41. The number of carboxylic acids is 1. The number of carboxylic acid groups (broad SMARTS) is 1. The zero-order chi connectivity index (χ0) is 17.7. The fourth-order valence-corrected chi connectivity index (χ4v) is 2.62. The van der Waals surface area contributed by atoms with Crippen LogP contribution in [0.3, 0.4) is 0 Å². The lowest BCUT2D eigenvalue weighted by Crippen LogP contribution is -2.09. The molecule has 0 unspecified atom stereocenters. The van der Waals surface area contributed by atoms with E-state index in [9.17, 15) is 4.79 Å². The van der Waals surface area contributed by atoms with Crippen molar-refractivity contribution in [2.75, 3.05) is 39.6 Å². The molecule has 0 fully saturated rings. The SMILES string of the molecule is O=C(O)COCCCOCCCCCOc1ccc2c(c1)CCCO2. The van der Waals surface area contributed by atoms with Gasteiger partial charge < -0.3 is 24.1 Å². The standard InChI is InChI=1S/C19H28O6/c20-19(21)15-23-11-5-10-22-9-2-1-3-12-24-17-7-8-18-16(14-17)6-4-13-25-18/h7-8,14H,1-6,9-13,15H2,(H,20,21).